The number of carbonyl (C=O) groups is 1. The van der Waals surface area contributed by atoms with Gasteiger partial charge in [-0.05, 0) is 24.0 Å². The molecule has 1 saturated carbocycles. The second kappa shape index (κ2) is 6.88. The molecule has 130 valence electrons. The number of Topliss-reactive ketones (excluding diaryl/α,β-unsaturated/α-hetero) is 1. The number of nitrogens with zero attached hydrogens (tertiary/aromatic N) is 3. The number of carbonyl (C=O) groups excluding carboxylic acids is 1. The maximum Gasteiger partial charge on any atom is 0.282 e. The predicted octanol–water partition coefficient (Wildman–Crippen LogP) is 1.86. The van der Waals surface area contributed by atoms with Gasteiger partial charge in [-0.2, -0.15) is 0 Å². The second-order valence-corrected chi connectivity index (χ2v) is 5.93. The van der Waals surface area contributed by atoms with E-state index in [4.69, 9.17) is 15.2 Å². The molecular weight excluding hydrogens is 320 g/mol. The Morgan fingerprint density at radius 2 is 2.08 bits per heavy atom. The number of aliphatic imine (C=N–C) groups is 1. The fourth-order valence-corrected chi connectivity index (χ4v) is 2.65. The van der Waals surface area contributed by atoms with Crippen LogP contribution >= 0.6 is 0 Å². The monoisotopic (exact) mass is 340 g/mol. The van der Waals surface area contributed by atoms with Crippen LogP contribution in [0.15, 0.2) is 41.7 Å². The molecule has 0 atom stereocenters. The number of methoxy groups -OCH3 is 2. The number of aromatic nitrogens is 2. The van der Waals surface area contributed by atoms with E-state index < -0.39 is 0 Å². The molecule has 1 aliphatic carbocycles. The van der Waals surface area contributed by atoms with Gasteiger partial charge in [-0.3, -0.25) is 4.79 Å². The third-order valence-electron chi connectivity index (χ3n) is 4.21. The van der Waals surface area contributed by atoms with Crippen molar-refractivity contribution in [3.05, 3.63) is 53.5 Å². The molecule has 0 aliphatic heterocycles. The van der Waals surface area contributed by atoms with Crippen LogP contribution < -0.4 is 10.5 Å². The summed E-state index contributed by atoms with van der Waals surface area (Å²) in [6.07, 6.45) is 4.94. The fraction of sp³-hybridized carbons (Fsp3) is 0.333. The highest BCUT2D eigenvalue weighted by Crippen LogP contribution is 2.49. The Kier molecular flexibility index (Phi) is 4.65. The average Bonchev–Trinajstić information content (AvgIpc) is 3.42. The maximum absolute atomic E-state index is 12.4. The standard InChI is InChI=1S/C18H20N4O3/c1-24-16-11-20-14(10-21-16)15(23)9-12-4-3-5-13(8-12)18(6-7-18)22-17(19)25-2/h3-5,8,10-11H,6-7,9H2,1-2H3,(H2,19,22). The van der Waals surface area contributed by atoms with Crippen LogP contribution in [0.5, 0.6) is 5.88 Å². The number of hydrogen-bond donors (Lipinski definition) is 1. The second-order valence-electron chi connectivity index (χ2n) is 5.93. The molecule has 25 heavy (non-hydrogen) atoms. The van der Waals surface area contributed by atoms with E-state index in [1.165, 1.54) is 26.6 Å². The zero-order chi connectivity index (χ0) is 17.9. The van der Waals surface area contributed by atoms with Gasteiger partial charge in [0, 0.05) is 6.42 Å². The SMILES string of the molecule is COC(N)=NC1(c2cccc(CC(=O)c3cnc(OC)cn3)c2)CC1. The van der Waals surface area contributed by atoms with Crippen LogP contribution in [-0.4, -0.2) is 36.0 Å². The number of rotatable bonds is 6. The van der Waals surface area contributed by atoms with Crippen LogP contribution in [0, 0.1) is 0 Å². The molecule has 0 unspecified atom stereocenters. The first-order valence-electron chi connectivity index (χ1n) is 7.94. The minimum atomic E-state index is -0.320. The highest BCUT2D eigenvalue weighted by Gasteiger charge is 2.45. The van der Waals surface area contributed by atoms with Gasteiger partial charge in [-0.25, -0.2) is 15.0 Å². The molecule has 7 nitrogen and oxygen atoms in total. The molecular formula is C18H20N4O3. The lowest BCUT2D eigenvalue weighted by atomic mass is 9.99. The molecule has 1 aromatic carbocycles. The van der Waals surface area contributed by atoms with Gasteiger partial charge in [0.2, 0.25) is 5.88 Å². The van der Waals surface area contributed by atoms with Crippen LogP contribution in [0.1, 0.15) is 34.5 Å². The highest BCUT2D eigenvalue weighted by molar-refractivity contribution is 5.95. The summed E-state index contributed by atoms with van der Waals surface area (Å²) in [5, 5.41) is 0. The minimum Gasteiger partial charge on any atom is -0.480 e. The molecule has 0 amide bonds. The highest BCUT2D eigenvalue weighted by atomic mass is 16.5. The van der Waals surface area contributed by atoms with Gasteiger partial charge in [-0.1, -0.05) is 24.3 Å². The molecule has 1 aliphatic rings. The van der Waals surface area contributed by atoms with Crippen molar-refractivity contribution in [1.29, 1.82) is 0 Å². The molecule has 0 radical (unpaired) electrons. The molecule has 2 aromatic rings. The van der Waals surface area contributed by atoms with Crippen LogP contribution in [0.3, 0.4) is 0 Å². The molecule has 2 N–H and O–H groups in total. The largest absolute Gasteiger partial charge is 0.480 e. The van der Waals surface area contributed by atoms with E-state index in [0.29, 0.717) is 11.6 Å². The molecule has 1 heterocycles. The Balaban J connectivity index is 1.77. The topological polar surface area (TPSA) is 99.7 Å². The van der Waals surface area contributed by atoms with Crippen molar-refractivity contribution in [3.63, 3.8) is 0 Å². The van der Waals surface area contributed by atoms with E-state index in [2.05, 4.69) is 15.0 Å². The number of ketones is 1. The molecule has 0 bridgehead atoms. The van der Waals surface area contributed by atoms with Crippen molar-refractivity contribution in [2.45, 2.75) is 24.8 Å². The Labute approximate surface area is 145 Å². The summed E-state index contributed by atoms with van der Waals surface area (Å²) < 4.78 is 9.92. The Hall–Kier alpha value is -2.96. The Bertz CT molecular complexity index is 798. The van der Waals surface area contributed by atoms with Crippen molar-refractivity contribution in [2.75, 3.05) is 14.2 Å². The van der Waals surface area contributed by atoms with Crippen molar-refractivity contribution in [2.24, 2.45) is 10.7 Å². The van der Waals surface area contributed by atoms with Gasteiger partial charge in [0.1, 0.15) is 5.69 Å². The van der Waals surface area contributed by atoms with Crippen molar-refractivity contribution in [1.82, 2.24) is 9.97 Å². The van der Waals surface area contributed by atoms with E-state index in [0.717, 1.165) is 24.0 Å². The Morgan fingerprint density at radius 1 is 1.28 bits per heavy atom. The normalized spacial score (nSPS) is 15.5. The molecule has 3 rings (SSSR count). The lowest BCUT2D eigenvalue weighted by Gasteiger charge is -2.13. The lowest BCUT2D eigenvalue weighted by Crippen LogP contribution is -2.18. The number of hydrogen-bond acceptors (Lipinski definition) is 6. The summed E-state index contributed by atoms with van der Waals surface area (Å²) in [6.45, 7) is 0. The number of amidine groups is 1. The first-order valence-corrected chi connectivity index (χ1v) is 7.94. The average molecular weight is 340 g/mol. The van der Waals surface area contributed by atoms with E-state index in [-0.39, 0.29) is 23.8 Å². The third-order valence-corrected chi connectivity index (χ3v) is 4.21. The van der Waals surface area contributed by atoms with Gasteiger partial charge in [-0.15, -0.1) is 0 Å². The zero-order valence-electron chi connectivity index (χ0n) is 14.2. The van der Waals surface area contributed by atoms with Gasteiger partial charge < -0.3 is 15.2 Å². The third kappa shape index (κ3) is 3.76. The summed E-state index contributed by atoms with van der Waals surface area (Å²) in [7, 11) is 3.00. The predicted molar refractivity (Wildman–Crippen MR) is 92.6 cm³/mol. The first kappa shape index (κ1) is 16.9. The summed E-state index contributed by atoms with van der Waals surface area (Å²) in [6, 6.07) is 8.01. The lowest BCUT2D eigenvalue weighted by molar-refractivity contribution is 0.0987. The van der Waals surface area contributed by atoms with E-state index in [1.54, 1.807) is 0 Å². The number of nitrogens with two attached hydrogens (primary N) is 1. The van der Waals surface area contributed by atoms with E-state index in [1.807, 2.05) is 24.3 Å². The number of ether oxygens (including phenoxy) is 2. The molecule has 7 heteroatoms. The summed E-state index contributed by atoms with van der Waals surface area (Å²) in [4.78, 5) is 25.0. The molecule has 1 fully saturated rings. The maximum atomic E-state index is 12.4. The molecule has 0 spiro atoms. The fourth-order valence-electron chi connectivity index (χ4n) is 2.65. The molecule has 1 aromatic heterocycles. The Morgan fingerprint density at radius 3 is 2.68 bits per heavy atom. The van der Waals surface area contributed by atoms with Gasteiger partial charge in [0.25, 0.3) is 6.02 Å². The minimum absolute atomic E-state index is 0.0999. The van der Waals surface area contributed by atoms with Crippen LogP contribution in [0.4, 0.5) is 0 Å². The number of benzene rings is 1. The summed E-state index contributed by atoms with van der Waals surface area (Å²) in [5.41, 5.74) is 7.64. The van der Waals surface area contributed by atoms with Crippen molar-refractivity contribution >= 4 is 11.8 Å². The zero-order valence-corrected chi connectivity index (χ0v) is 14.2. The van der Waals surface area contributed by atoms with Crippen molar-refractivity contribution < 1.29 is 14.3 Å². The van der Waals surface area contributed by atoms with Crippen LogP contribution in [0.25, 0.3) is 0 Å². The first-order chi connectivity index (χ1) is 12.1. The van der Waals surface area contributed by atoms with Gasteiger partial charge in [0.15, 0.2) is 5.78 Å². The quantitative estimate of drug-likeness (QED) is 0.489. The smallest absolute Gasteiger partial charge is 0.282 e. The van der Waals surface area contributed by atoms with Crippen LogP contribution in [-0.2, 0) is 16.7 Å². The summed E-state index contributed by atoms with van der Waals surface area (Å²) in [5.74, 6) is 0.278. The van der Waals surface area contributed by atoms with E-state index in [9.17, 15) is 4.79 Å². The molecule has 0 saturated heterocycles. The van der Waals surface area contributed by atoms with E-state index >= 15 is 0 Å². The van der Waals surface area contributed by atoms with Gasteiger partial charge >= 0.3 is 0 Å². The summed E-state index contributed by atoms with van der Waals surface area (Å²) >= 11 is 0. The van der Waals surface area contributed by atoms with Crippen LogP contribution in [0.2, 0.25) is 0 Å². The van der Waals surface area contributed by atoms with Gasteiger partial charge in [0.05, 0.1) is 32.2 Å². The van der Waals surface area contributed by atoms with Crippen molar-refractivity contribution in [3.8, 4) is 5.88 Å².